The first kappa shape index (κ1) is 21.3. The van der Waals surface area contributed by atoms with Crippen molar-refractivity contribution in [1.29, 1.82) is 0 Å². The van der Waals surface area contributed by atoms with Crippen LogP contribution in [0.5, 0.6) is 0 Å². The second kappa shape index (κ2) is 8.18. The van der Waals surface area contributed by atoms with Crippen molar-refractivity contribution in [1.82, 2.24) is 19.9 Å². The van der Waals surface area contributed by atoms with Gasteiger partial charge in [-0.2, -0.15) is 5.10 Å². The van der Waals surface area contributed by atoms with Gasteiger partial charge in [0.25, 0.3) is 0 Å². The Hall–Kier alpha value is -3.29. The van der Waals surface area contributed by atoms with Crippen molar-refractivity contribution in [2.45, 2.75) is 43.6 Å². The van der Waals surface area contributed by atoms with Crippen LogP contribution in [0.25, 0.3) is 16.6 Å². The Bertz CT molecular complexity index is 1360. The summed E-state index contributed by atoms with van der Waals surface area (Å²) in [5, 5.41) is 19.3. The topological polar surface area (TPSA) is 88.5 Å². The van der Waals surface area contributed by atoms with Gasteiger partial charge in [0.2, 0.25) is 0 Å². The monoisotopic (exact) mass is 457 g/mol. The van der Waals surface area contributed by atoms with Crippen molar-refractivity contribution in [3.63, 3.8) is 0 Å². The van der Waals surface area contributed by atoms with Gasteiger partial charge >= 0.3 is 0 Å². The van der Waals surface area contributed by atoms with E-state index in [1.54, 1.807) is 12.1 Å². The van der Waals surface area contributed by atoms with Gasteiger partial charge in [-0.25, -0.2) is 13.9 Å². The smallest absolute Gasteiger partial charge is 0.151 e. The van der Waals surface area contributed by atoms with Crippen LogP contribution in [0, 0.1) is 5.82 Å². The van der Waals surface area contributed by atoms with Crippen molar-refractivity contribution in [3.05, 3.63) is 83.1 Å². The number of fused-ring (bicyclic) bond motifs is 2. The molecule has 2 aromatic carbocycles. The van der Waals surface area contributed by atoms with Crippen LogP contribution in [-0.2, 0) is 19.3 Å². The molecular weight excluding hydrogens is 429 g/mol. The van der Waals surface area contributed by atoms with Gasteiger partial charge in [0.15, 0.2) is 5.82 Å². The number of nitrogens with one attached hydrogen (secondary N) is 1. The van der Waals surface area contributed by atoms with Crippen LogP contribution in [-0.4, -0.2) is 38.4 Å². The average molecular weight is 458 g/mol. The van der Waals surface area contributed by atoms with E-state index in [9.17, 15) is 9.50 Å². The van der Waals surface area contributed by atoms with Crippen molar-refractivity contribution in [2.24, 2.45) is 0 Å². The van der Waals surface area contributed by atoms with Crippen LogP contribution in [0.2, 0.25) is 0 Å². The lowest BCUT2D eigenvalue weighted by Gasteiger charge is -2.22. The van der Waals surface area contributed by atoms with E-state index in [1.807, 2.05) is 4.52 Å². The number of nitrogen functional groups attached to an aromatic ring is 1. The van der Waals surface area contributed by atoms with Crippen molar-refractivity contribution < 1.29 is 9.50 Å². The van der Waals surface area contributed by atoms with Crippen LogP contribution in [0.3, 0.4) is 0 Å². The largest absolute Gasteiger partial charge is 0.389 e. The van der Waals surface area contributed by atoms with Gasteiger partial charge in [0.05, 0.1) is 5.60 Å². The molecule has 1 fully saturated rings. The van der Waals surface area contributed by atoms with E-state index in [2.05, 4.69) is 39.7 Å². The molecule has 2 aliphatic rings. The highest BCUT2D eigenvalue weighted by Gasteiger charge is 2.35. The summed E-state index contributed by atoms with van der Waals surface area (Å²) in [5.74, 6) is 0.632. The number of nitrogens with zero attached hydrogens (tertiary/aromatic N) is 3. The molecule has 4 aromatic rings. The molecule has 174 valence electrons. The summed E-state index contributed by atoms with van der Waals surface area (Å²) >= 11 is 0. The van der Waals surface area contributed by atoms with Crippen LogP contribution in [0.1, 0.15) is 41.1 Å². The first-order valence-electron chi connectivity index (χ1n) is 11.9. The van der Waals surface area contributed by atoms with Crippen LogP contribution >= 0.6 is 0 Å². The normalized spacial score (nSPS) is 20.6. The summed E-state index contributed by atoms with van der Waals surface area (Å²) < 4.78 is 15.3. The fourth-order valence-corrected chi connectivity index (χ4v) is 5.73. The van der Waals surface area contributed by atoms with Crippen molar-refractivity contribution >= 4 is 11.3 Å². The molecule has 3 heterocycles. The summed E-state index contributed by atoms with van der Waals surface area (Å²) in [7, 11) is 0. The molecule has 0 saturated carbocycles. The van der Waals surface area contributed by atoms with E-state index in [0.717, 1.165) is 59.3 Å². The Labute approximate surface area is 197 Å². The second-order valence-electron chi connectivity index (χ2n) is 9.78. The van der Waals surface area contributed by atoms with Gasteiger partial charge in [-0.3, -0.25) is 0 Å². The van der Waals surface area contributed by atoms with Crippen LogP contribution in [0.4, 0.5) is 10.2 Å². The third kappa shape index (κ3) is 3.75. The Balaban J connectivity index is 1.35. The number of aromatic nitrogens is 3. The van der Waals surface area contributed by atoms with Crippen molar-refractivity contribution in [3.8, 4) is 11.1 Å². The molecule has 2 aromatic heterocycles. The Kier molecular flexibility index (Phi) is 5.12. The minimum Gasteiger partial charge on any atom is -0.389 e. The zero-order valence-corrected chi connectivity index (χ0v) is 19.0. The number of piperidine rings is 1. The second-order valence-corrected chi connectivity index (χ2v) is 9.78. The van der Waals surface area contributed by atoms with Gasteiger partial charge < -0.3 is 16.2 Å². The zero-order valence-electron chi connectivity index (χ0n) is 19.0. The van der Waals surface area contributed by atoms with Crippen LogP contribution < -0.4 is 11.1 Å². The third-order valence-corrected chi connectivity index (χ3v) is 7.37. The van der Waals surface area contributed by atoms with Gasteiger partial charge in [-0.15, -0.1) is 0 Å². The standard InChI is InChI=1S/C27H28FN5O/c28-22-5-1-17(2-6-22)13-27(34)14-20-4-3-19(11-21(20)15-27)23-12-24(18-7-9-30-10-8-18)33-25(23)26(29)31-16-32-33/h1-6,11-12,16,18,30,34H,7-10,13-15H2,(H2,29,31,32). The molecule has 1 aliphatic heterocycles. The Morgan fingerprint density at radius 2 is 1.82 bits per heavy atom. The fraction of sp³-hybridized carbons (Fsp3) is 0.333. The lowest BCUT2D eigenvalue weighted by atomic mass is 9.91. The minimum atomic E-state index is -0.871. The molecule has 0 radical (unpaired) electrons. The molecule has 0 amide bonds. The van der Waals surface area contributed by atoms with E-state index in [1.165, 1.54) is 24.2 Å². The zero-order chi connectivity index (χ0) is 23.3. The molecule has 4 N–H and O–H groups in total. The summed E-state index contributed by atoms with van der Waals surface area (Å²) in [6.07, 6.45) is 5.29. The maximum atomic E-state index is 13.3. The number of benzene rings is 2. The molecule has 6 nitrogen and oxygen atoms in total. The van der Waals surface area contributed by atoms with E-state index in [-0.39, 0.29) is 5.82 Å². The summed E-state index contributed by atoms with van der Waals surface area (Å²) in [5.41, 5.74) is 12.8. The highest BCUT2D eigenvalue weighted by molar-refractivity contribution is 5.88. The van der Waals surface area contributed by atoms with E-state index in [4.69, 9.17) is 5.73 Å². The van der Waals surface area contributed by atoms with E-state index >= 15 is 0 Å². The van der Waals surface area contributed by atoms with Crippen molar-refractivity contribution in [2.75, 3.05) is 18.8 Å². The van der Waals surface area contributed by atoms with Crippen LogP contribution in [0.15, 0.2) is 54.9 Å². The average Bonchev–Trinajstić information content (AvgIpc) is 3.39. The lowest BCUT2D eigenvalue weighted by molar-refractivity contribution is 0.0518. The minimum absolute atomic E-state index is 0.262. The SMILES string of the molecule is Nc1ncnn2c(C3CCNCC3)cc(-c3ccc4c(c3)CC(O)(Cc3ccc(F)cc3)C4)c12. The first-order chi connectivity index (χ1) is 16.5. The van der Waals surface area contributed by atoms with Gasteiger partial charge in [-0.05, 0) is 66.4 Å². The highest BCUT2D eigenvalue weighted by atomic mass is 19.1. The Morgan fingerprint density at radius 1 is 1.06 bits per heavy atom. The number of hydrogen-bond donors (Lipinski definition) is 3. The number of halogens is 1. The molecule has 6 rings (SSSR count). The molecule has 7 heteroatoms. The molecule has 1 aliphatic carbocycles. The summed E-state index contributed by atoms with van der Waals surface area (Å²) in [4.78, 5) is 4.27. The van der Waals surface area contributed by atoms with Gasteiger partial charge in [0.1, 0.15) is 17.7 Å². The first-order valence-corrected chi connectivity index (χ1v) is 11.9. The number of aliphatic hydroxyl groups is 1. The molecular formula is C27H28FN5O. The Morgan fingerprint density at radius 3 is 2.62 bits per heavy atom. The quantitative estimate of drug-likeness (QED) is 0.435. The highest BCUT2D eigenvalue weighted by Crippen LogP contribution is 2.39. The van der Waals surface area contributed by atoms with Gasteiger partial charge in [-0.1, -0.05) is 30.3 Å². The number of hydrogen-bond acceptors (Lipinski definition) is 5. The number of anilines is 1. The number of rotatable bonds is 4. The predicted octanol–water partition coefficient (Wildman–Crippen LogP) is 3.66. The van der Waals surface area contributed by atoms with E-state index in [0.29, 0.717) is 31.0 Å². The predicted molar refractivity (Wildman–Crippen MR) is 130 cm³/mol. The maximum absolute atomic E-state index is 13.3. The molecule has 1 saturated heterocycles. The molecule has 0 spiro atoms. The lowest BCUT2D eigenvalue weighted by Crippen LogP contribution is -2.32. The molecule has 1 unspecified atom stereocenters. The van der Waals surface area contributed by atoms with E-state index < -0.39 is 5.60 Å². The fourth-order valence-electron chi connectivity index (χ4n) is 5.73. The summed E-state index contributed by atoms with van der Waals surface area (Å²) in [6, 6.07) is 15.0. The summed E-state index contributed by atoms with van der Waals surface area (Å²) in [6.45, 7) is 2.00. The third-order valence-electron chi connectivity index (χ3n) is 7.37. The molecule has 34 heavy (non-hydrogen) atoms. The maximum Gasteiger partial charge on any atom is 0.151 e. The molecule has 0 bridgehead atoms. The van der Waals surface area contributed by atoms with Gasteiger partial charge in [0, 0.05) is 36.4 Å². The molecule has 1 atom stereocenters. The number of nitrogens with two attached hydrogens (primary N) is 1.